The lowest BCUT2D eigenvalue weighted by Crippen LogP contribution is -2.57. The van der Waals surface area contributed by atoms with Crippen molar-refractivity contribution < 1.29 is 14.7 Å². The van der Waals surface area contributed by atoms with Crippen LogP contribution in [0.25, 0.3) is 10.9 Å². The van der Waals surface area contributed by atoms with Gasteiger partial charge >= 0.3 is 6.03 Å². The van der Waals surface area contributed by atoms with E-state index in [2.05, 4.69) is 35.4 Å². The molecule has 2 atom stereocenters. The average Bonchev–Trinajstić information content (AvgIpc) is 3.43. The first kappa shape index (κ1) is 30.2. The summed E-state index contributed by atoms with van der Waals surface area (Å²) < 4.78 is 0. The Kier molecular flexibility index (Phi) is 8.67. The van der Waals surface area contributed by atoms with Gasteiger partial charge < -0.3 is 30.1 Å². The largest absolute Gasteiger partial charge is 0.385 e. The zero-order chi connectivity index (χ0) is 30.8. The summed E-state index contributed by atoms with van der Waals surface area (Å²) in [5, 5.41) is 16.1. The highest BCUT2D eigenvalue weighted by molar-refractivity contribution is 6.30. The van der Waals surface area contributed by atoms with Crippen LogP contribution in [0.2, 0.25) is 5.02 Å². The molecule has 0 saturated carbocycles. The number of aromatic nitrogens is 1. The van der Waals surface area contributed by atoms with E-state index in [1.807, 2.05) is 65.7 Å². The number of amides is 3. The molecule has 3 aromatic carbocycles. The Bertz CT molecular complexity index is 1630. The third-order valence-electron chi connectivity index (χ3n) is 9.08. The molecule has 8 nitrogen and oxygen atoms in total. The number of benzene rings is 3. The van der Waals surface area contributed by atoms with Gasteiger partial charge in [0.2, 0.25) is 5.91 Å². The fraction of sp³-hybridized carbons (Fsp3) is 0.371. The van der Waals surface area contributed by atoms with Crippen LogP contribution in [0.5, 0.6) is 0 Å². The summed E-state index contributed by atoms with van der Waals surface area (Å²) >= 11 is 6.05. The van der Waals surface area contributed by atoms with Crippen molar-refractivity contribution in [1.29, 1.82) is 0 Å². The number of aromatic amines is 1. The van der Waals surface area contributed by atoms with Crippen LogP contribution in [0.15, 0.2) is 79.0 Å². The number of aliphatic hydroxyl groups is 1. The van der Waals surface area contributed by atoms with Gasteiger partial charge in [0.05, 0.1) is 5.60 Å². The molecule has 230 valence electrons. The first-order chi connectivity index (χ1) is 21.2. The standard InChI is InChI=1S/C35H40ClN5O3/c1-39(2)22-24-19-25-7-3-6-10-32(25)41(23-24)33(42)31(20-26-21-37-30-9-5-4-8-29(26)30)38-34(43)40-17-15-35(44,16-18-40)27-11-13-28(36)14-12-27/h3-14,21,24,31,37,44H,15-20,22-23H2,1-2H3,(H,38,43). The van der Waals surface area contributed by atoms with Gasteiger partial charge in [-0.15, -0.1) is 0 Å². The SMILES string of the molecule is CN(C)CC1Cc2ccccc2N(C(=O)C(Cc2c[nH]c3ccccc23)NC(=O)N2CCC(O)(c3ccc(Cl)cc3)CC2)C1. The summed E-state index contributed by atoms with van der Waals surface area (Å²) in [6.07, 6.45) is 3.99. The molecule has 2 unspecified atom stereocenters. The van der Waals surface area contributed by atoms with E-state index in [-0.39, 0.29) is 17.9 Å². The van der Waals surface area contributed by atoms with E-state index in [4.69, 9.17) is 11.6 Å². The van der Waals surface area contributed by atoms with Crippen molar-refractivity contribution in [3.63, 3.8) is 0 Å². The Morgan fingerprint density at radius 2 is 1.75 bits per heavy atom. The van der Waals surface area contributed by atoms with Crippen LogP contribution >= 0.6 is 11.6 Å². The molecule has 2 aliphatic heterocycles. The molecule has 9 heteroatoms. The minimum atomic E-state index is -1.03. The summed E-state index contributed by atoms with van der Waals surface area (Å²) in [6.45, 7) is 2.20. The maximum atomic E-state index is 14.5. The molecule has 0 aliphatic carbocycles. The normalized spacial score (nSPS) is 18.7. The van der Waals surface area contributed by atoms with Crippen LogP contribution in [0, 0.1) is 5.92 Å². The molecule has 0 spiro atoms. The van der Waals surface area contributed by atoms with Gasteiger partial charge in [0.25, 0.3) is 0 Å². The fourth-order valence-electron chi connectivity index (χ4n) is 6.80. The predicted molar refractivity (Wildman–Crippen MR) is 175 cm³/mol. The number of hydrogen-bond donors (Lipinski definition) is 3. The van der Waals surface area contributed by atoms with E-state index in [1.165, 1.54) is 0 Å². The van der Waals surface area contributed by atoms with Gasteiger partial charge in [0.15, 0.2) is 0 Å². The molecule has 0 radical (unpaired) electrons. The lowest BCUT2D eigenvalue weighted by atomic mass is 9.84. The predicted octanol–water partition coefficient (Wildman–Crippen LogP) is 5.19. The van der Waals surface area contributed by atoms with Crippen LogP contribution in [-0.2, 0) is 23.2 Å². The van der Waals surface area contributed by atoms with Crippen molar-refractivity contribution in [1.82, 2.24) is 20.1 Å². The zero-order valence-electron chi connectivity index (χ0n) is 25.3. The summed E-state index contributed by atoms with van der Waals surface area (Å²) in [6, 6.07) is 22.3. The topological polar surface area (TPSA) is 91.9 Å². The summed E-state index contributed by atoms with van der Waals surface area (Å²) in [7, 11) is 4.11. The monoisotopic (exact) mass is 613 g/mol. The van der Waals surface area contributed by atoms with Crippen LogP contribution in [-0.4, -0.2) is 78.1 Å². The average molecular weight is 614 g/mol. The van der Waals surface area contributed by atoms with Crippen LogP contribution in [0.1, 0.15) is 29.5 Å². The Balaban J connectivity index is 1.24. The maximum absolute atomic E-state index is 14.5. The van der Waals surface area contributed by atoms with Crippen LogP contribution in [0.4, 0.5) is 10.5 Å². The van der Waals surface area contributed by atoms with Gasteiger partial charge in [-0.25, -0.2) is 4.79 Å². The highest BCUT2D eigenvalue weighted by Crippen LogP contribution is 2.34. The number of halogens is 1. The second kappa shape index (κ2) is 12.6. The zero-order valence-corrected chi connectivity index (χ0v) is 26.1. The highest BCUT2D eigenvalue weighted by atomic mass is 35.5. The molecule has 4 aromatic rings. The van der Waals surface area contributed by atoms with Crippen molar-refractivity contribution in [3.05, 3.63) is 101 Å². The molecule has 3 N–H and O–H groups in total. The number of H-pyrrole nitrogens is 1. The molecular formula is C35H40ClN5O3. The van der Waals surface area contributed by atoms with Crippen LogP contribution < -0.4 is 10.2 Å². The van der Waals surface area contributed by atoms with Crippen LogP contribution in [0.3, 0.4) is 0 Å². The smallest absolute Gasteiger partial charge is 0.318 e. The van der Waals surface area contributed by atoms with Crippen molar-refractivity contribution in [2.75, 3.05) is 45.2 Å². The summed E-state index contributed by atoms with van der Waals surface area (Å²) in [4.78, 5) is 37.3. The van der Waals surface area contributed by atoms with E-state index in [0.717, 1.165) is 46.2 Å². The Morgan fingerprint density at radius 3 is 2.50 bits per heavy atom. The number of rotatable bonds is 7. The van der Waals surface area contributed by atoms with E-state index in [9.17, 15) is 14.7 Å². The highest BCUT2D eigenvalue weighted by Gasteiger charge is 2.38. The van der Waals surface area contributed by atoms with Gasteiger partial charge in [0, 0.05) is 60.4 Å². The molecule has 44 heavy (non-hydrogen) atoms. The Hall–Kier alpha value is -3.85. The van der Waals surface area contributed by atoms with Gasteiger partial charge in [-0.05, 0) is 80.2 Å². The van der Waals surface area contributed by atoms with Gasteiger partial charge in [-0.3, -0.25) is 4.79 Å². The quantitative estimate of drug-likeness (QED) is 0.267. The number of carbonyl (C=O) groups is 2. The van der Waals surface area contributed by atoms with Crippen molar-refractivity contribution >= 4 is 40.1 Å². The van der Waals surface area contributed by atoms with E-state index >= 15 is 0 Å². The number of fused-ring (bicyclic) bond motifs is 2. The molecule has 2 aliphatic rings. The van der Waals surface area contributed by atoms with E-state index in [1.54, 1.807) is 17.0 Å². The number of piperidine rings is 1. The number of carbonyl (C=O) groups excluding carboxylic acids is 2. The molecule has 1 fully saturated rings. The van der Waals surface area contributed by atoms with Crippen molar-refractivity contribution in [2.24, 2.45) is 5.92 Å². The third-order valence-corrected chi connectivity index (χ3v) is 9.33. The second-order valence-electron chi connectivity index (χ2n) is 12.5. The lowest BCUT2D eigenvalue weighted by Gasteiger charge is -2.40. The lowest BCUT2D eigenvalue weighted by molar-refractivity contribution is -0.120. The minimum Gasteiger partial charge on any atom is -0.385 e. The number of urea groups is 1. The summed E-state index contributed by atoms with van der Waals surface area (Å²) in [5.74, 6) is 0.162. The molecular weight excluding hydrogens is 574 g/mol. The molecule has 0 bridgehead atoms. The van der Waals surface area contributed by atoms with E-state index in [0.29, 0.717) is 43.9 Å². The van der Waals surface area contributed by atoms with Gasteiger partial charge in [-0.1, -0.05) is 60.1 Å². The maximum Gasteiger partial charge on any atom is 0.318 e. The van der Waals surface area contributed by atoms with Gasteiger partial charge in [-0.2, -0.15) is 0 Å². The first-order valence-corrected chi connectivity index (χ1v) is 15.7. The van der Waals surface area contributed by atoms with Crippen molar-refractivity contribution in [3.8, 4) is 0 Å². The third kappa shape index (κ3) is 6.34. The van der Waals surface area contributed by atoms with Gasteiger partial charge in [0.1, 0.15) is 6.04 Å². The molecule has 1 aromatic heterocycles. The van der Waals surface area contributed by atoms with E-state index < -0.39 is 11.6 Å². The Morgan fingerprint density at radius 1 is 1.05 bits per heavy atom. The first-order valence-electron chi connectivity index (χ1n) is 15.3. The number of para-hydroxylation sites is 2. The molecule has 3 amide bonds. The second-order valence-corrected chi connectivity index (χ2v) is 12.9. The Labute approximate surface area is 263 Å². The number of likely N-dealkylation sites (tertiary alicyclic amines) is 1. The fourth-order valence-corrected chi connectivity index (χ4v) is 6.93. The number of anilines is 1. The molecule has 3 heterocycles. The number of nitrogens with one attached hydrogen (secondary N) is 2. The molecule has 1 saturated heterocycles. The number of hydrogen-bond acceptors (Lipinski definition) is 4. The minimum absolute atomic E-state index is 0.116. The summed E-state index contributed by atoms with van der Waals surface area (Å²) in [5.41, 5.74) is 3.80. The molecule has 6 rings (SSSR count). The number of nitrogens with zero attached hydrogens (tertiary/aromatic N) is 3. The van der Waals surface area contributed by atoms with Crippen molar-refractivity contribution in [2.45, 2.75) is 37.3 Å².